The summed E-state index contributed by atoms with van der Waals surface area (Å²) in [6.45, 7) is 10.1. The molecule has 0 aliphatic carbocycles. The van der Waals surface area contributed by atoms with Crippen molar-refractivity contribution in [2.45, 2.75) is 38.7 Å². The van der Waals surface area contributed by atoms with Gasteiger partial charge in [0.1, 0.15) is 6.10 Å². The lowest BCUT2D eigenvalue weighted by Crippen LogP contribution is -2.48. The quantitative estimate of drug-likeness (QED) is 0.275. The van der Waals surface area contributed by atoms with E-state index in [1.165, 1.54) is 38.9 Å². The molecule has 0 bridgehead atoms. The predicted octanol–water partition coefficient (Wildman–Crippen LogP) is 2.25. The molecule has 27 heavy (non-hydrogen) atoms. The van der Waals surface area contributed by atoms with Crippen LogP contribution in [0.25, 0.3) is 0 Å². The third-order valence-electron chi connectivity index (χ3n) is 5.14. The number of rotatable bonds is 7. The minimum atomic E-state index is 0. The molecule has 3 heterocycles. The Bertz CT molecular complexity index is 572. The standard InChI is InChI=1S/C19H34N6O.HI/c1-3-20-19(21-8-4-5-9-24-10-6-7-11-24)25-12-13-26-18(16-25)17-14-22-23(2)15-17;/h14-15,18H,3-13,16H2,1-2H3,(H,20,21);1H. The summed E-state index contributed by atoms with van der Waals surface area (Å²) < 4.78 is 7.78. The zero-order valence-corrected chi connectivity index (χ0v) is 19.1. The van der Waals surface area contributed by atoms with Crippen molar-refractivity contribution in [1.82, 2.24) is 24.9 Å². The van der Waals surface area contributed by atoms with Gasteiger partial charge in [-0.1, -0.05) is 0 Å². The molecule has 0 amide bonds. The maximum atomic E-state index is 5.95. The number of ether oxygens (including phenoxy) is 1. The molecule has 0 saturated carbocycles. The van der Waals surface area contributed by atoms with Crippen molar-refractivity contribution in [2.24, 2.45) is 12.0 Å². The van der Waals surface area contributed by atoms with Crippen molar-refractivity contribution >= 4 is 29.9 Å². The summed E-state index contributed by atoms with van der Waals surface area (Å²) in [6.07, 6.45) is 9.14. The summed E-state index contributed by atoms with van der Waals surface area (Å²) in [7, 11) is 1.94. The molecule has 8 heteroatoms. The third kappa shape index (κ3) is 6.90. The number of hydrogen-bond donors (Lipinski definition) is 1. The van der Waals surface area contributed by atoms with Gasteiger partial charge in [-0.25, -0.2) is 0 Å². The van der Waals surface area contributed by atoms with Crippen molar-refractivity contribution in [3.63, 3.8) is 0 Å². The van der Waals surface area contributed by atoms with E-state index in [0.29, 0.717) is 0 Å². The zero-order chi connectivity index (χ0) is 18.2. The van der Waals surface area contributed by atoms with Gasteiger partial charge in [0, 0.05) is 38.4 Å². The lowest BCUT2D eigenvalue weighted by Gasteiger charge is -2.34. The number of hydrogen-bond acceptors (Lipinski definition) is 4. The Morgan fingerprint density at radius 2 is 2.11 bits per heavy atom. The molecule has 0 spiro atoms. The largest absolute Gasteiger partial charge is 0.370 e. The van der Waals surface area contributed by atoms with Crippen LogP contribution in [-0.4, -0.2) is 78.0 Å². The summed E-state index contributed by atoms with van der Waals surface area (Å²) in [5.74, 6) is 1.02. The van der Waals surface area contributed by atoms with Gasteiger partial charge in [-0.15, -0.1) is 24.0 Å². The molecule has 1 N–H and O–H groups in total. The van der Waals surface area contributed by atoms with Gasteiger partial charge in [0.2, 0.25) is 0 Å². The van der Waals surface area contributed by atoms with Crippen LogP contribution in [0.2, 0.25) is 0 Å². The molecular weight excluding hydrogens is 455 g/mol. The van der Waals surface area contributed by atoms with Crippen molar-refractivity contribution < 1.29 is 4.74 Å². The number of aliphatic imine (C=N–C) groups is 1. The molecule has 3 rings (SSSR count). The second kappa shape index (κ2) is 11.9. The van der Waals surface area contributed by atoms with Crippen LogP contribution >= 0.6 is 24.0 Å². The number of aromatic nitrogens is 2. The first-order chi connectivity index (χ1) is 12.8. The molecule has 2 saturated heterocycles. The molecule has 0 radical (unpaired) electrons. The van der Waals surface area contributed by atoms with Gasteiger partial charge in [-0.3, -0.25) is 9.67 Å². The Labute approximate surface area is 180 Å². The third-order valence-corrected chi connectivity index (χ3v) is 5.14. The van der Waals surface area contributed by atoms with Crippen LogP contribution in [0.5, 0.6) is 0 Å². The van der Waals surface area contributed by atoms with Gasteiger partial charge < -0.3 is 19.9 Å². The van der Waals surface area contributed by atoms with E-state index in [2.05, 4.69) is 27.1 Å². The highest BCUT2D eigenvalue weighted by molar-refractivity contribution is 14.0. The van der Waals surface area contributed by atoms with Gasteiger partial charge in [0.25, 0.3) is 0 Å². The van der Waals surface area contributed by atoms with E-state index in [4.69, 9.17) is 9.73 Å². The average molecular weight is 490 g/mol. The molecule has 1 unspecified atom stereocenters. The van der Waals surface area contributed by atoms with Gasteiger partial charge in [0.05, 0.1) is 19.3 Å². The van der Waals surface area contributed by atoms with Crippen molar-refractivity contribution in [2.75, 3.05) is 52.4 Å². The molecular formula is C19H35IN6O. The number of aryl methyl sites for hydroxylation is 1. The first-order valence-electron chi connectivity index (χ1n) is 10.1. The fourth-order valence-electron chi connectivity index (χ4n) is 3.71. The summed E-state index contributed by atoms with van der Waals surface area (Å²) >= 11 is 0. The van der Waals surface area contributed by atoms with Crippen molar-refractivity contribution in [3.05, 3.63) is 18.0 Å². The summed E-state index contributed by atoms with van der Waals surface area (Å²) in [4.78, 5) is 9.77. The van der Waals surface area contributed by atoms with E-state index < -0.39 is 0 Å². The van der Waals surface area contributed by atoms with Crippen LogP contribution in [-0.2, 0) is 11.8 Å². The summed E-state index contributed by atoms with van der Waals surface area (Å²) in [5.41, 5.74) is 1.14. The zero-order valence-electron chi connectivity index (χ0n) is 16.8. The van der Waals surface area contributed by atoms with Crippen LogP contribution in [0.4, 0.5) is 0 Å². The Morgan fingerprint density at radius 3 is 2.81 bits per heavy atom. The SMILES string of the molecule is CCNC(=NCCCCN1CCCC1)N1CCOC(c2cnn(C)c2)C1.I. The molecule has 1 atom stereocenters. The molecule has 2 aliphatic heterocycles. The molecule has 0 aromatic carbocycles. The smallest absolute Gasteiger partial charge is 0.194 e. The highest BCUT2D eigenvalue weighted by Crippen LogP contribution is 2.21. The number of nitrogens with one attached hydrogen (secondary N) is 1. The number of nitrogens with zero attached hydrogens (tertiary/aromatic N) is 5. The minimum Gasteiger partial charge on any atom is -0.370 e. The topological polar surface area (TPSA) is 57.9 Å². The van der Waals surface area contributed by atoms with Crippen LogP contribution in [0, 0.1) is 0 Å². The second-order valence-electron chi connectivity index (χ2n) is 7.24. The lowest BCUT2D eigenvalue weighted by atomic mass is 10.1. The molecule has 2 fully saturated rings. The van der Waals surface area contributed by atoms with Crippen LogP contribution in [0.15, 0.2) is 17.4 Å². The summed E-state index contributed by atoms with van der Waals surface area (Å²) in [5, 5.41) is 7.72. The maximum Gasteiger partial charge on any atom is 0.194 e. The van der Waals surface area contributed by atoms with E-state index in [0.717, 1.165) is 50.7 Å². The fourth-order valence-corrected chi connectivity index (χ4v) is 3.71. The van der Waals surface area contributed by atoms with Crippen LogP contribution in [0.1, 0.15) is 44.3 Å². The van der Waals surface area contributed by atoms with E-state index in [1.54, 1.807) is 0 Å². The first kappa shape index (κ1) is 22.4. The number of guanidine groups is 1. The Morgan fingerprint density at radius 1 is 1.30 bits per heavy atom. The molecule has 2 aliphatic rings. The monoisotopic (exact) mass is 490 g/mol. The lowest BCUT2D eigenvalue weighted by molar-refractivity contribution is -0.00804. The van der Waals surface area contributed by atoms with Crippen molar-refractivity contribution in [1.29, 1.82) is 0 Å². The second-order valence-corrected chi connectivity index (χ2v) is 7.24. The van der Waals surface area contributed by atoms with Gasteiger partial charge in [-0.05, 0) is 52.2 Å². The first-order valence-corrected chi connectivity index (χ1v) is 10.1. The van der Waals surface area contributed by atoms with Gasteiger partial charge >= 0.3 is 0 Å². The van der Waals surface area contributed by atoms with Crippen LogP contribution < -0.4 is 5.32 Å². The van der Waals surface area contributed by atoms with Gasteiger partial charge in [0.15, 0.2) is 5.96 Å². The Balaban J connectivity index is 0.00000261. The van der Waals surface area contributed by atoms with Crippen molar-refractivity contribution in [3.8, 4) is 0 Å². The number of likely N-dealkylation sites (tertiary alicyclic amines) is 1. The number of morpholine rings is 1. The fraction of sp³-hybridized carbons (Fsp3) is 0.789. The summed E-state index contributed by atoms with van der Waals surface area (Å²) in [6, 6.07) is 0. The van der Waals surface area contributed by atoms with E-state index in [9.17, 15) is 0 Å². The molecule has 7 nitrogen and oxygen atoms in total. The highest BCUT2D eigenvalue weighted by Gasteiger charge is 2.25. The molecule has 1 aromatic heterocycles. The Kier molecular flexibility index (Phi) is 9.84. The maximum absolute atomic E-state index is 5.95. The predicted molar refractivity (Wildman–Crippen MR) is 120 cm³/mol. The van der Waals surface area contributed by atoms with Crippen LogP contribution in [0.3, 0.4) is 0 Å². The van der Waals surface area contributed by atoms with E-state index >= 15 is 0 Å². The molecule has 154 valence electrons. The number of halogens is 1. The Hall–Kier alpha value is -0.870. The van der Waals surface area contributed by atoms with Gasteiger partial charge in [-0.2, -0.15) is 5.10 Å². The number of unbranched alkanes of at least 4 members (excludes halogenated alkanes) is 1. The normalized spacial score (nSPS) is 21.3. The van der Waals surface area contributed by atoms with E-state index in [1.807, 2.05) is 24.1 Å². The van der Waals surface area contributed by atoms with E-state index in [-0.39, 0.29) is 30.1 Å². The average Bonchev–Trinajstić information content (AvgIpc) is 3.32. The minimum absolute atomic E-state index is 0. The highest BCUT2D eigenvalue weighted by atomic mass is 127. The molecule has 1 aromatic rings.